The lowest BCUT2D eigenvalue weighted by Gasteiger charge is -2.56. The van der Waals surface area contributed by atoms with Crippen molar-refractivity contribution in [1.29, 1.82) is 0 Å². The number of aliphatic hydroxyl groups excluding tert-OH is 4. The molecule has 0 aromatic carbocycles. The van der Waals surface area contributed by atoms with Crippen LogP contribution in [0.1, 0.15) is 121 Å². The molecule has 9 unspecified atom stereocenters. The van der Waals surface area contributed by atoms with Crippen LogP contribution in [0.15, 0.2) is 58.4 Å². The summed E-state index contributed by atoms with van der Waals surface area (Å²) in [6.45, 7) is 19.3. The summed E-state index contributed by atoms with van der Waals surface area (Å²) in [6, 6.07) is -1.12. The summed E-state index contributed by atoms with van der Waals surface area (Å²) in [5, 5.41) is 61.3. The van der Waals surface area contributed by atoms with Gasteiger partial charge in [0.05, 0.1) is 87.1 Å². The zero-order valence-corrected chi connectivity index (χ0v) is 50.5. The second-order valence-corrected chi connectivity index (χ2v) is 25.7. The van der Waals surface area contributed by atoms with E-state index in [9.17, 15) is 49.7 Å². The van der Waals surface area contributed by atoms with Gasteiger partial charge in [0.25, 0.3) is 0 Å². The van der Waals surface area contributed by atoms with Crippen molar-refractivity contribution in [3.05, 3.63) is 68.5 Å². The highest BCUT2D eigenvalue weighted by atomic mass is 16.7. The average Bonchev–Trinajstić information content (AvgIpc) is 2.03. The molecule has 85 heavy (non-hydrogen) atoms. The Bertz CT molecular complexity index is 2720. The second-order valence-electron chi connectivity index (χ2n) is 25.7. The molecular formula is C61H86N2O22. The molecule has 472 valence electrons. The van der Waals surface area contributed by atoms with Crippen LogP contribution in [0, 0.1) is 51.0 Å². The number of nitrogens with one attached hydrogen (secondary N) is 1. The molecule has 24 nitrogen and oxygen atoms in total. The standard InChI is InChI=1S/C61H86N2O22/c1-27-13-16-43(82-48-24-59(10,63(73)74)54(34(8)79-48)62-58(72)75-12)28(2)18-40-41(66)19-36(25-64)23-61(40)56(70)49(57(71)85-61)55(69)60(11)39(27)15-14-38-50(60)29(3)17-30(4)52(38)84-47-22-45(53(33(7)78-47)80-35(9)65)81-37-20-44(31(5)76-26-37)83-46-21-42(67)51(68)32(6)77-46/h13-15,18-19,25,29-34,37-48,50-54,66-69H,16-17,20-24,26H2,1-12H3,(H,62,72)/b27-13+,28-18?,55-49?/t29-,30-,31?,32?,33-,34+,37?,38-,39-,40+,41-,42?,43-,44?,45+,46?,47-,48-,50+,51?,52?,53-,54-,59-,60+,61?/m0/s1. The minimum Gasteiger partial charge on any atom is -0.511 e. The van der Waals surface area contributed by atoms with Crippen LogP contribution in [0.5, 0.6) is 0 Å². The van der Waals surface area contributed by atoms with Gasteiger partial charge < -0.3 is 77.8 Å². The number of aldehydes is 1. The van der Waals surface area contributed by atoms with Crippen molar-refractivity contribution in [1.82, 2.24) is 5.32 Å². The molecule has 4 aliphatic carbocycles. The highest BCUT2D eigenvalue weighted by Crippen LogP contribution is 2.61. The Labute approximate surface area is 495 Å². The molecule has 0 aromatic heterocycles. The van der Waals surface area contributed by atoms with Crippen LogP contribution in [0.4, 0.5) is 4.79 Å². The molecule has 1 spiro atoms. The predicted octanol–water partition coefficient (Wildman–Crippen LogP) is 5.10. The first kappa shape index (κ1) is 64.5. The number of ketones is 1. The number of esters is 2. The van der Waals surface area contributed by atoms with Crippen LogP contribution in [0.2, 0.25) is 0 Å². The molecule has 5 heterocycles. The van der Waals surface area contributed by atoms with Gasteiger partial charge in [0, 0.05) is 61.7 Å². The van der Waals surface area contributed by atoms with Gasteiger partial charge in [-0.1, -0.05) is 50.6 Å². The first-order valence-electron chi connectivity index (χ1n) is 29.9. The number of hydrogen-bond acceptors (Lipinski definition) is 22. The molecule has 1 saturated carbocycles. The van der Waals surface area contributed by atoms with E-state index in [0.29, 0.717) is 30.3 Å². The largest absolute Gasteiger partial charge is 0.511 e. The van der Waals surface area contributed by atoms with E-state index in [4.69, 9.17) is 52.1 Å². The van der Waals surface area contributed by atoms with Gasteiger partial charge in [-0.25, -0.2) is 9.59 Å². The Morgan fingerprint density at radius 1 is 0.824 bits per heavy atom. The average molecular weight is 1200 g/mol. The summed E-state index contributed by atoms with van der Waals surface area (Å²) in [6.07, 6.45) is -4.62. The Morgan fingerprint density at radius 2 is 1.52 bits per heavy atom. The fraction of sp³-hybridized carbons (Fsp3) is 0.754. The van der Waals surface area contributed by atoms with Crippen LogP contribution in [0.3, 0.4) is 0 Å². The van der Waals surface area contributed by atoms with E-state index in [-0.39, 0.29) is 55.8 Å². The maximum absolute atomic E-state index is 15.5. The quantitative estimate of drug-likeness (QED) is 0.0323. The van der Waals surface area contributed by atoms with Crippen LogP contribution in [-0.4, -0.2) is 185 Å². The number of carbonyl (C=O) groups is 5. The number of ether oxygens (including phenoxy) is 11. The first-order chi connectivity index (χ1) is 40.0. The number of methoxy groups -OCH3 is 1. The van der Waals surface area contributed by atoms with Crippen molar-refractivity contribution in [3.8, 4) is 0 Å². The second kappa shape index (κ2) is 25.2. The summed E-state index contributed by atoms with van der Waals surface area (Å²) >= 11 is 0. The minimum atomic E-state index is -2.20. The number of Topliss-reactive ketones (excluding diaryl/α,β-unsaturated/α-hetero) is 1. The SMILES string of the molecule is COC(=O)N[C@H]1[C@@H](C)O[C@@H](O[C@H]2C/C=C(\C)[C@@H]3C=C[C@@H]4C(O[C@H]5C[C@@H](OC6COC(C)C(OC7CC(O)C(O)C(C)O7)C6)[C@@H](OC(C)=O)[C@H](C)O5)[C@@H](C)C[C@H](C)[C@H]4[C@]3(C)C(O)=C3C(=O)OC4(CC(C=O)=C[C@H](O)[C@H]4C=C2C)C3=O)C[C@]1(C)[N+](=O)[O-]. The summed E-state index contributed by atoms with van der Waals surface area (Å²) in [5.41, 5.74) is -4.89. The third-order valence-corrected chi connectivity index (χ3v) is 19.9. The lowest BCUT2D eigenvalue weighted by Crippen LogP contribution is -2.65. The molecule has 0 aromatic rings. The van der Waals surface area contributed by atoms with Gasteiger partial charge >= 0.3 is 18.0 Å². The third kappa shape index (κ3) is 12.3. The molecule has 1 amide bonds. The predicted molar refractivity (Wildman–Crippen MR) is 297 cm³/mol. The Kier molecular flexibility index (Phi) is 19.2. The van der Waals surface area contributed by atoms with Gasteiger partial charge in [-0.3, -0.25) is 24.5 Å². The van der Waals surface area contributed by atoms with Crippen LogP contribution in [-0.2, 0) is 71.3 Å². The fourth-order valence-electron chi connectivity index (χ4n) is 15.5. The first-order valence-corrected chi connectivity index (χ1v) is 29.9. The van der Waals surface area contributed by atoms with Crippen LogP contribution >= 0.6 is 0 Å². The van der Waals surface area contributed by atoms with Gasteiger partial charge in [-0.05, 0) is 89.4 Å². The lowest BCUT2D eigenvalue weighted by molar-refractivity contribution is -0.584. The number of nitro groups is 1. The van der Waals surface area contributed by atoms with Crippen molar-refractivity contribution in [3.63, 3.8) is 0 Å². The minimum absolute atomic E-state index is 0.00104. The monoisotopic (exact) mass is 1200 g/mol. The van der Waals surface area contributed by atoms with Crippen molar-refractivity contribution < 1.29 is 101 Å². The van der Waals surface area contributed by atoms with Crippen molar-refractivity contribution in [2.24, 2.45) is 40.9 Å². The van der Waals surface area contributed by atoms with Gasteiger partial charge in [-0.15, -0.1) is 0 Å². The highest BCUT2D eigenvalue weighted by Gasteiger charge is 2.65. The van der Waals surface area contributed by atoms with E-state index in [1.54, 1.807) is 33.8 Å². The van der Waals surface area contributed by atoms with E-state index in [1.165, 1.54) is 19.9 Å². The number of hydrogen-bond donors (Lipinski definition) is 5. The van der Waals surface area contributed by atoms with Crippen LogP contribution in [0.25, 0.3) is 0 Å². The van der Waals surface area contributed by atoms with Gasteiger partial charge in [0.1, 0.15) is 35.9 Å². The number of nitrogens with zero attached hydrogens (tertiary/aromatic N) is 1. The van der Waals surface area contributed by atoms with Crippen LogP contribution < -0.4 is 5.32 Å². The van der Waals surface area contributed by atoms with Crippen molar-refractivity contribution in [2.45, 2.75) is 237 Å². The Morgan fingerprint density at radius 3 is 2.19 bits per heavy atom. The molecule has 9 rings (SSSR count). The normalized spacial score (nSPS) is 46.4. The number of fused-ring (bicyclic) bond motifs is 4. The third-order valence-electron chi connectivity index (χ3n) is 19.9. The molecule has 0 radical (unpaired) electrons. The number of alkyl carbamates (subject to hydrolysis) is 1. The molecule has 5 saturated heterocycles. The topological polar surface area (TPSA) is 323 Å². The molecule has 9 aliphatic rings. The zero-order valence-electron chi connectivity index (χ0n) is 50.5. The van der Waals surface area contributed by atoms with E-state index < -0.39 is 185 Å². The van der Waals surface area contributed by atoms with E-state index >= 15 is 4.79 Å². The number of rotatable bonds is 12. The molecular weight excluding hydrogens is 1110 g/mol. The smallest absolute Gasteiger partial charge is 0.407 e. The molecule has 6 fully saturated rings. The Balaban J connectivity index is 1.05. The van der Waals surface area contributed by atoms with Crippen molar-refractivity contribution >= 4 is 30.1 Å². The molecule has 2 bridgehead atoms. The summed E-state index contributed by atoms with van der Waals surface area (Å²) in [5.74, 6) is -6.43. The van der Waals surface area contributed by atoms with Gasteiger partial charge in [-0.2, -0.15) is 0 Å². The van der Waals surface area contributed by atoms with Crippen molar-refractivity contribution in [2.75, 3.05) is 13.7 Å². The number of aliphatic hydroxyl groups is 4. The summed E-state index contributed by atoms with van der Waals surface area (Å²) < 4.78 is 68.6. The molecule has 5 aliphatic heterocycles. The summed E-state index contributed by atoms with van der Waals surface area (Å²) in [7, 11) is 1.15. The molecule has 26 atom stereocenters. The van der Waals surface area contributed by atoms with Gasteiger partial charge in [0.15, 0.2) is 30.6 Å². The lowest BCUT2D eigenvalue weighted by atomic mass is 9.49. The maximum atomic E-state index is 15.5. The zero-order chi connectivity index (χ0) is 61.9. The van der Waals surface area contributed by atoms with Gasteiger partial charge in [0.2, 0.25) is 11.3 Å². The number of amides is 1. The molecule has 24 heteroatoms. The fourth-order valence-corrected chi connectivity index (χ4v) is 15.5. The molecule has 5 N–H and O–H groups in total. The Hall–Kier alpha value is -4.99. The summed E-state index contributed by atoms with van der Waals surface area (Å²) in [4.78, 5) is 80.2. The van der Waals surface area contributed by atoms with E-state index in [2.05, 4.69) is 25.2 Å². The van der Waals surface area contributed by atoms with E-state index in [1.807, 2.05) is 32.9 Å². The highest BCUT2D eigenvalue weighted by molar-refractivity contribution is 6.26. The van der Waals surface area contributed by atoms with E-state index in [0.717, 1.165) is 7.11 Å². The maximum Gasteiger partial charge on any atom is 0.407 e. The number of allylic oxidation sites excluding steroid dienone is 3. The number of carbonyl (C=O) groups excluding carboxylic acids is 5.